The van der Waals surface area contributed by atoms with Crippen molar-refractivity contribution in [2.24, 2.45) is 13.0 Å². The van der Waals surface area contributed by atoms with E-state index in [0.717, 1.165) is 24.2 Å². The second-order valence-electron chi connectivity index (χ2n) is 9.00. The molecule has 4 aromatic rings. The van der Waals surface area contributed by atoms with Crippen molar-refractivity contribution in [1.29, 1.82) is 0 Å². The van der Waals surface area contributed by atoms with Gasteiger partial charge in [-0.15, -0.1) is 0 Å². The number of aryl methyl sites for hydroxylation is 2. The van der Waals surface area contributed by atoms with E-state index in [2.05, 4.69) is 43.0 Å². The molecule has 1 atom stereocenters. The molecule has 3 heterocycles. The standard InChI is InChI=1S/C27H29N5O2/c1-4-20-12-14-22(15-13-20)31-17-19(2)18-32-23-24(28-26(31)32)29(3)27(34)30(25(23)33)16-8-11-21-9-6-5-7-10-21/h5-15,19H,4,16-18H2,1-3H3/b11-8+/t19-/m1/s1. The molecular weight excluding hydrogens is 426 g/mol. The van der Waals surface area contributed by atoms with Gasteiger partial charge in [0, 0.05) is 32.4 Å². The van der Waals surface area contributed by atoms with Crippen LogP contribution in [0.5, 0.6) is 0 Å². The molecule has 7 heteroatoms. The molecule has 2 aromatic carbocycles. The van der Waals surface area contributed by atoms with E-state index in [1.54, 1.807) is 7.05 Å². The van der Waals surface area contributed by atoms with Gasteiger partial charge in [-0.2, -0.15) is 4.98 Å². The number of anilines is 2. The van der Waals surface area contributed by atoms with Crippen molar-refractivity contribution in [3.05, 3.63) is 92.6 Å². The van der Waals surface area contributed by atoms with E-state index in [1.807, 2.05) is 47.1 Å². The van der Waals surface area contributed by atoms with E-state index in [1.165, 1.54) is 14.7 Å². The van der Waals surface area contributed by atoms with Gasteiger partial charge in [-0.25, -0.2) is 4.79 Å². The highest BCUT2D eigenvalue weighted by Gasteiger charge is 2.29. The largest absolute Gasteiger partial charge is 0.332 e. The number of benzene rings is 2. The molecule has 0 amide bonds. The normalized spacial score (nSPS) is 15.9. The summed E-state index contributed by atoms with van der Waals surface area (Å²) in [5, 5.41) is 0. The van der Waals surface area contributed by atoms with Crippen LogP contribution >= 0.6 is 0 Å². The van der Waals surface area contributed by atoms with E-state index in [4.69, 9.17) is 4.98 Å². The van der Waals surface area contributed by atoms with Crippen LogP contribution in [0, 0.1) is 5.92 Å². The highest BCUT2D eigenvalue weighted by Crippen LogP contribution is 2.32. The van der Waals surface area contributed by atoms with Gasteiger partial charge in [0.1, 0.15) is 0 Å². The molecule has 0 fully saturated rings. The lowest BCUT2D eigenvalue weighted by Gasteiger charge is -2.33. The van der Waals surface area contributed by atoms with Crippen molar-refractivity contribution >= 4 is 28.9 Å². The van der Waals surface area contributed by atoms with Crippen LogP contribution in [0.1, 0.15) is 25.0 Å². The number of hydrogen-bond donors (Lipinski definition) is 0. The fourth-order valence-electron chi connectivity index (χ4n) is 4.65. The van der Waals surface area contributed by atoms with Crippen LogP contribution in [-0.2, 0) is 26.6 Å². The molecule has 1 aliphatic heterocycles. The lowest BCUT2D eigenvalue weighted by atomic mass is 10.1. The molecule has 0 saturated heterocycles. The smallest absolute Gasteiger partial charge is 0.312 e. The molecular formula is C27H29N5O2. The summed E-state index contributed by atoms with van der Waals surface area (Å²) in [6.07, 6.45) is 4.75. The van der Waals surface area contributed by atoms with Gasteiger partial charge in [0.2, 0.25) is 5.95 Å². The molecule has 0 N–H and O–H groups in total. The average Bonchev–Trinajstić information content (AvgIpc) is 3.24. The first kappa shape index (κ1) is 21.9. The van der Waals surface area contributed by atoms with Crippen LogP contribution in [0.2, 0.25) is 0 Å². The quantitative estimate of drug-likeness (QED) is 0.457. The predicted octanol–water partition coefficient (Wildman–Crippen LogP) is 3.96. The minimum absolute atomic E-state index is 0.203. The molecule has 0 aliphatic carbocycles. The van der Waals surface area contributed by atoms with Gasteiger partial charge in [0.25, 0.3) is 5.56 Å². The van der Waals surface area contributed by atoms with Crippen LogP contribution in [-0.4, -0.2) is 25.2 Å². The SMILES string of the molecule is CCc1ccc(N2C[C@@H](C)Cn3c2nc2c3c(=O)n(C/C=C/c3ccccc3)c(=O)n2C)cc1. The Morgan fingerprint density at radius 1 is 1.03 bits per heavy atom. The van der Waals surface area contributed by atoms with Crippen molar-refractivity contribution in [1.82, 2.24) is 18.7 Å². The van der Waals surface area contributed by atoms with Crippen molar-refractivity contribution < 1.29 is 0 Å². The maximum atomic E-state index is 13.5. The van der Waals surface area contributed by atoms with Crippen molar-refractivity contribution in [2.75, 3.05) is 11.4 Å². The Bertz CT molecular complexity index is 1480. The molecule has 2 aromatic heterocycles. The molecule has 0 spiro atoms. The third-order valence-electron chi connectivity index (χ3n) is 6.50. The minimum Gasteiger partial charge on any atom is -0.312 e. The third kappa shape index (κ3) is 3.77. The number of imidazole rings is 1. The highest BCUT2D eigenvalue weighted by atomic mass is 16.2. The molecule has 174 valence electrons. The fourth-order valence-corrected chi connectivity index (χ4v) is 4.65. The summed E-state index contributed by atoms with van der Waals surface area (Å²) in [6, 6.07) is 18.3. The number of aromatic nitrogens is 4. The number of fused-ring (bicyclic) bond motifs is 3. The van der Waals surface area contributed by atoms with Gasteiger partial charge < -0.3 is 9.47 Å². The maximum Gasteiger partial charge on any atom is 0.332 e. The molecule has 34 heavy (non-hydrogen) atoms. The lowest BCUT2D eigenvalue weighted by molar-refractivity contribution is 0.458. The van der Waals surface area contributed by atoms with Crippen molar-refractivity contribution in [3.63, 3.8) is 0 Å². The summed E-state index contributed by atoms with van der Waals surface area (Å²) in [6.45, 7) is 6.00. The molecule has 5 rings (SSSR count). The van der Waals surface area contributed by atoms with Crippen LogP contribution < -0.4 is 16.1 Å². The van der Waals surface area contributed by atoms with Gasteiger partial charge >= 0.3 is 5.69 Å². The average molecular weight is 456 g/mol. The minimum atomic E-state index is -0.363. The molecule has 1 aliphatic rings. The van der Waals surface area contributed by atoms with E-state index < -0.39 is 0 Å². The Labute approximate surface area is 198 Å². The second kappa shape index (κ2) is 8.82. The second-order valence-corrected chi connectivity index (χ2v) is 9.00. The summed E-state index contributed by atoms with van der Waals surface area (Å²) in [5.41, 5.74) is 3.58. The Morgan fingerprint density at radius 2 is 1.76 bits per heavy atom. The Kier molecular flexibility index (Phi) is 5.69. The molecule has 0 bridgehead atoms. The van der Waals surface area contributed by atoms with E-state index in [9.17, 15) is 9.59 Å². The van der Waals surface area contributed by atoms with Gasteiger partial charge in [0.05, 0.1) is 0 Å². The first-order valence-corrected chi connectivity index (χ1v) is 11.8. The van der Waals surface area contributed by atoms with Crippen LogP contribution in [0.25, 0.3) is 17.2 Å². The summed E-state index contributed by atoms with van der Waals surface area (Å²) in [4.78, 5) is 33.6. The molecule has 7 nitrogen and oxygen atoms in total. The zero-order chi connectivity index (χ0) is 23.8. The number of rotatable bonds is 5. The predicted molar refractivity (Wildman–Crippen MR) is 137 cm³/mol. The summed E-state index contributed by atoms with van der Waals surface area (Å²) in [5.74, 6) is 1.03. The fraction of sp³-hybridized carbons (Fsp3) is 0.296. The zero-order valence-electron chi connectivity index (χ0n) is 19.8. The topological polar surface area (TPSA) is 65.1 Å². The van der Waals surface area contributed by atoms with Gasteiger partial charge in [-0.1, -0.05) is 68.5 Å². The van der Waals surface area contributed by atoms with Gasteiger partial charge in [0.15, 0.2) is 11.2 Å². The number of allylic oxidation sites excluding steroid dienone is 1. The Morgan fingerprint density at radius 3 is 2.47 bits per heavy atom. The van der Waals surface area contributed by atoms with Crippen LogP contribution in [0.15, 0.2) is 70.3 Å². The summed E-state index contributed by atoms with van der Waals surface area (Å²) in [7, 11) is 1.68. The first-order chi connectivity index (χ1) is 16.5. The zero-order valence-corrected chi connectivity index (χ0v) is 19.8. The summed E-state index contributed by atoms with van der Waals surface area (Å²) < 4.78 is 4.76. The van der Waals surface area contributed by atoms with E-state index in [-0.39, 0.29) is 17.8 Å². The number of hydrogen-bond acceptors (Lipinski definition) is 4. The van der Waals surface area contributed by atoms with Gasteiger partial charge in [-0.3, -0.25) is 13.9 Å². The summed E-state index contributed by atoms with van der Waals surface area (Å²) >= 11 is 0. The monoisotopic (exact) mass is 455 g/mol. The number of nitrogens with zero attached hydrogens (tertiary/aromatic N) is 5. The van der Waals surface area contributed by atoms with E-state index in [0.29, 0.717) is 29.6 Å². The van der Waals surface area contributed by atoms with Crippen LogP contribution in [0.3, 0.4) is 0 Å². The molecule has 0 radical (unpaired) electrons. The Hall–Kier alpha value is -3.87. The Balaban J connectivity index is 1.61. The van der Waals surface area contributed by atoms with Crippen molar-refractivity contribution in [3.8, 4) is 0 Å². The molecule has 0 unspecified atom stereocenters. The highest BCUT2D eigenvalue weighted by molar-refractivity contribution is 5.77. The van der Waals surface area contributed by atoms with E-state index >= 15 is 0 Å². The maximum absolute atomic E-state index is 13.5. The van der Waals surface area contributed by atoms with Crippen LogP contribution in [0.4, 0.5) is 11.6 Å². The van der Waals surface area contributed by atoms with Gasteiger partial charge in [-0.05, 0) is 35.6 Å². The van der Waals surface area contributed by atoms with Crippen molar-refractivity contribution in [2.45, 2.75) is 33.4 Å². The third-order valence-corrected chi connectivity index (χ3v) is 6.50. The first-order valence-electron chi connectivity index (χ1n) is 11.8. The lowest BCUT2D eigenvalue weighted by Crippen LogP contribution is -2.40. The molecule has 0 saturated carbocycles.